The van der Waals surface area contributed by atoms with Crippen LogP contribution in [0.2, 0.25) is 0 Å². The van der Waals surface area contributed by atoms with Gasteiger partial charge < -0.3 is 11.1 Å². The van der Waals surface area contributed by atoms with Crippen molar-refractivity contribution in [3.63, 3.8) is 0 Å². The molecule has 0 fully saturated rings. The van der Waals surface area contributed by atoms with Crippen molar-refractivity contribution in [2.24, 2.45) is 5.73 Å². The lowest BCUT2D eigenvalue weighted by atomic mass is 9.94. The lowest BCUT2D eigenvalue weighted by Gasteiger charge is -2.29. The van der Waals surface area contributed by atoms with Crippen molar-refractivity contribution in [1.29, 1.82) is 0 Å². The van der Waals surface area contributed by atoms with Gasteiger partial charge in [-0.3, -0.25) is 4.79 Å². The first-order chi connectivity index (χ1) is 8.90. The topological polar surface area (TPSA) is 55.1 Å². The normalized spacial score (nSPS) is 13.9. The van der Waals surface area contributed by atoms with Crippen LogP contribution < -0.4 is 11.1 Å². The number of carbonyl (C=O) groups excluding carboxylic acids is 1. The summed E-state index contributed by atoms with van der Waals surface area (Å²) in [5.41, 5.74) is 5.30. The lowest BCUT2D eigenvalue weighted by molar-refractivity contribution is -0.122. The average Bonchev–Trinajstić information content (AvgIpc) is 2.33. The Morgan fingerprint density at radius 3 is 2.63 bits per heavy atom. The molecule has 0 aliphatic carbocycles. The molecule has 0 spiro atoms. The number of nitrogens with two attached hydrogens (primary N) is 1. The molecule has 0 radical (unpaired) electrons. The number of halogens is 2. The maximum atomic E-state index is 13.4. The van der Waals surface area contributed by atoms with Gasteiger partial charge in [-0.25, -0.2) is 8.78 Å². The highest BCUT2D eigenvalue weighted by molar-refractivity contribution is 5.79. The van der Waals surface area contributed by atoms with E-state index >= 15 is 0 Å². The second kappa shape index (κ2) is 6.61. The van der Waals surface area contributed by atoms with Crippen molar-refractivity contribution in [2.75, 3.05) is 6.54 Å². The van der Waals surface area contributed by atoms with Crippen LogP contribution in [0.1, 0.15) is 32.3 Å². The standard InChI is InChI=1S/C14H20F2N2O/c1-3-14(2,6-7-17)18-13(19)8-10-4-5-11(15)9-12(10)16/h4-5,9H,3,6-8,17H2,1-2H3,(H,18,19). The molecule has 0 aromatic heterocycles. The largest absolute Gasteiger partial charge is 0.351 e. The Morgan fingerprint density at radius 1 is 1.42 bits per heavy atom. The van der Waals surface area contributed by atoms with E-state index in [1.807, 2.05) is 13.8 Å². The quantitative estimate of drug-likeness (QED) is 0.832. The third-order valence-electron chi connectivity index (χ3n) is 3.28. The number of hydrogen-bond acceptors (Lipinski definition) is 2. The predicted octanol–water partition coefficient (Wildman–Crippen LogP) is 2.14. The smallest absolute Gasteiger partial charge is 0.224 e. The zero-order valence-corrected chi connectivity index (χ0v) is 11.3. The van der Waals surface area contributed by atoms with Crippen molar-refractivity contribution in [2.45, 2.75) is 38.6 Å². The second-order valence-electron chi connectivity index (χ2n) is 4.91. The van der Waals surface area contributed by atoms with E-state index in [-0.39, 0.29) is 23.4 Å². The maximum Gasteiger partial charge on any atom is 0.224 e. The van der Waals surface area contributed by atoms with E-state index in [9.17, 15) is 13.6 Å². The Bertz CT molecular complexity index is 451. The van der Waals surface area contributed by atoms with Crippen LogP contribution in [0.5, 0.6) is 0 Å². The summed E-state index contributed by atoms with van der Waals surface area (Å²) in [7, 11) is 0. The van der Waals surface area contributed by atoms with Gasteiger partial charge in [-0.05, 0) is 37.9 Å². The molecule has 1 rings (SSSR count). The SMILES string of the molecule is CCC(C)(CCN)NC(=O)Cc1ccc(F)cc1F. The summed E-state index contributed by atoms with van der Waals surface area (Å²) in [5, 5.41) is 2.85. The van der Waals surface area contributed by atoms with Gasteiger partial charge in [-0.2, -0.15) is 0 Å². The maximum absolute atomic E-state index is 13.4. The van der Waals surface area contributed by atoms with E-state index in [1.54, 1.807) is 0 Å². The molecule has 1 aromatic carbocycles. The number of hydrogen-bond donors (Lipinski definition) is 2. The molecule has 3 nitrogen and oxygen atoms in total. The van der Waals surface area contributed by atoms with Gasteiger partial charge in [-0.15, -0.1) is 0 Å². The van der Waals surface area contributed by atoms with Crippen molar-refractivity contribution in [3.05, 3.63) is 35.4 Å². The monoisotopic (exact) mass is 270 g/mol. The molecule has 5 heteroatoms. The number of nitrogens with one attached hydrogen (secondary N) is 1. The third-order valence-corrected chi connectivity index (χ3v) is 3.28. The van der Waals surface area contributed by atoms with Crippen LogP contribution in [-0.2, 0) is 11.2 Å². The minimum absolute atomic E-state index is 0.105. The minimum Gasteiger partial charge on any atom is -0.351 e. The molecule has 106 valence electrons. The fraction of sp³-hybridized carbons (Fsp3) is 0.500. The van der Waals surface area contributed by atoms with E-state index in [4.69, 9.17) is 5.73 Å². The van der Waals surface area contributed by atoms with Crippen LogP contribution in [0.3, 0.4) is 0 Å². The predicted molar refractivity (Wildman–Crippen MR) is 70.6 cm³/mol. The highest BCUT2D eigenvalue weighted by atomic mass is 19.1. The average molecular weight is 270 g/mol. The second-order valence-corrected chi connectivity index (χ2v) is 4.91. The van der Waals surface area contributed by atoms with Crippen LogP contribution in [-0.4, -0.2) is 18.0 Å². The van der Waals surface area contributed by atoms with Crippen molar-refractivity contribution in [1.82, 2.24) is 5.32 Å². The molecule has 0 saturated carbocycles. The van der Waals surface area contributed by atoms with Gasteiger partial charge in [0.2, 0.25) is 5.91 Å². The summed E-state index contributed by atoms with van der Waals surface area (Å²) in [5.74, 6) is -1.64. The molecular formula is C14H20F2N2O. The van der Waals surface area contributed by atoms with Gasteiger partial charge in [0.05, 0.1) is 6.42 Å². The number of rotatable bonds is 6. The molecule has 0 saturated heterocycles. The molecule has 1 atom stereocenters. The van der Waals surface area contributed by atoms with E-state index in [0.717, 1.165) is 18.6 Å². The first kappa shape index (κ1) is 15.6. The van der Waals surface area contributed by atoms with Gasteiger partial charge in [0, 0.05) is 11.6 Å². The highest BCUT2D eigenvalue weighted by Crippen LogP contribution is 2.15. The Kier molecular flexibility index (Phi) is 5.42. The summed E-state index contributed by atoms with van der Waals surface area (Å²) >= 11 is 0. The van der Waals surface area contributed by atoms with Crippen molar-refractivity contribution < 1.29 is 13.6 Å². The Balaban J connectivity index is 2.69. The van der Waals surface area contributed by atoms with Crippen LogP contribution in [0.4, 0.5) is 8.78 Å². The van der Waals surface area contributed by atoms with Gasteiger partial charge in [-0.1, -0.05) is 13.0 Å². The van der Waals surface area contributed by atoms with Gasteiger partial charge in [0.15, 0.2) is 0 Å². The van der Waals surface area contributed by atoms with E-state index in [1.165, 1.54) is 6.07 Å². The summed E-state index contributed by atoms with van der Waals surface area (Å²) < 4.78 is 26.2. The molecule has 1 amide bonds. The molecule has 0 aliphatic heterocycles. The summed E-state index contributed by atoms with van der Waals surface area (Å²) in [6.07, 6.45) is 1.29. The number of amides is 1. The van der Waals surface area contributed by atoms with E-state index in [0.29, 0.717) is 13.0 Å². The first-order valence-electron chi connectivity index (χ1n) is 6.35. The van der Waals surface area contributed by atoms with Crippen LogP contribution in [0.25, 0.3) is 0 Å². The number of benzene rings is 1. The number of carbonyl (C=O) groups is 1. The molecular weight excluding hydrogens is 250 g/mol. The lowest BCUT2D eigenvalue weighted by Crippen LogP contribution is -2.47. The van der Waals surface area contributed by atoms with Gasteiger partial charge in [0.25, 0.3) is 0 Å². The fourth-order valence-corrected chi connectivity index (χ4v) is 1.87. The van der Waals surface area contributed by atoms with E-state index < -0.39 is 11.6 Å². The molecule has 1 aromatic rings. The van der Waals surface area contributed by atoms with Gasteiger partial charge >= 0.3 is 0 Å². The molecule has 0 bridgehead atoms. The van der Waals surface area contributed by atoms with Crippen LogP contribution in [0.15, 0.2) is 18.2 Å². The third kappa shape index (κ3) is 4.59. The molecule has 19 heavy (non-hydrogen) atoms. The van der Waals surface area contributed by atoms with Crippen LogP contribution >= 0.6 is 0 Å². The first-order valence-corrected chi connectivity index (χ1v) is 6.35. The molecule has 3 N–H and O–H groups in total. The Hall–Kier alpha value is -1.49. The zero-order chi connectivity index (χ0) is 14.5. The van der Waals surface area contributed by atoms with Crippen molar-refractivity contribution in [3.8, 4) is 0 Å². The fourth-order valence-electron chi connectivity index (χ4n) is 1.87. The highest BCUT2D eigenvalue weighted by Gasteiger charge is 2.23. The zero-order valence-electron chi connectivity index (χ0n) is 11.3. The minimum atomic E-state index is -0.702. The molecule has 1 unspecified atom stereocenters. The van der Waals surface area contributed by atoms with Crippen molar-refractivity contribution >= 4 is 5.91 Å². The Labute approximate surface area is 112 Å². The molecule has 0 heterocycles. The molecule has 0 aliphatic rings. The summed E-state index contributed by atoms with van der Waals surface area (Å²) in [6, 6.07) is 3.21. The van der Waals surface area contributed by atoms with Crippen LogP contribution in [0, 0.1) is 11.6 Å². The van der Waals surface area contributed by atoms with Gasteiger partial charge in [0.1, 0.15) is 11.6 Å². The Morgan fingerprint density at radius 2 is 2.11 bits per heavy atom. The summed E-state index contributed by atoms with van der Waals surface area (Å²) in [4.78, 5) is 11.9. The van der Waals surface area contributed by atoms with E-state index in [2.05, 4.69) is 5.32 Å². The summed E-state index contributed by atoms with van der Waals surface area (Å²) in [6.45, 7) is 4.32.